The summed E-state index contributed by atoms with van der Waals surface area (Å²) >= 11 is 0. The van der Waals surface area contributed by atoms with Crippen molar-refractivity contribution in [2.75, 3.05) is 0 Å². The number of amides is 4. The summed E-state index contributed by atoms with van der Waals surface area (Å²) in [4.78, 5) is 37.5. The van der Waals surface area contributed by atoms with Gasteiger partial charge in [0.2, 0.25) is 11.8 Å². The fourth-order valence-corrected chi connectivity index (χ4v) is 2.77. The van der Waals surface area contributed by atoms with E-state index in [1.54, 1.807) is 0 Å². The standard InChI is InChI=1S/C14H22N2O3/c1-9(2)5-6-10(3)16-12(18)14(7-4-8-14)11(17)15-13(16)19/h9-10H,4-8H2,1-3H3,(H,15,17,19). The van der Waals surface area contributed by atoms with Crippen LogP contribution < -0.4 is 5.32 Å². The third-order valence-corrected chi connectivity index (χ3v) is 4.31. The minimum absolute atomic E-state index is 0.152. The average molecular weight is 266 g/mol. The molecule has 2 aliphatic rings. The Morgan fingerprint density at radius 1 is 1.16 bits per heavy atom. The summed E-state index contributed by atoms with van der Waals surface area (Å²) in [5, 5.41) is 2.35. The number of nitrogens with zero attached hydrogens (tertiary/aromatic N) is 1. The molecule has 1 unspecified atom stereocenters. The van der Waals surface area contributed by atoms with Gasteiger partial charge in [0.1, 0.15) is 5.41 Å². The van der Waals surface area contributed by atoms with Crippen LogP contribution in [0.1, 0.15) is 52.9 Å². The summed E-state index contributed by atoms with van der Waals surface area (Å²) in [5.41, 5.74) is -0.944. The third-order valence-electron chi connectivity index (χ3n) is 4.31. The second-order valence-corrected chi connectivity index (χ2v) is 6.19. The fraction of sp³-hybridized carbons (Fsp3) is 0.786. The van der Waals surface area contributed by atoms with E-state index in [0.717, 1.165) is 19.3 Å². The molecular formula is C14H22N2O3. The molecule has 0 aromatic rings. The molecule has 0 aromatic heterocycles. The van der Waals surface area contributed by atoms with E-state index in [9.17, 15) is 14.4 Å². The van der Waals surface area contributed by atoms with Crippen molar-refractivity contribution in [3.8, 4) is 0 Å². The smallest absolute Gasteiger partial charge is 0.277 e. The maximum Gasteiger partial charge on any atom is 0.331 e. The van der Waals surface area contributed by atoms with E-state index in [2.05, 4.69) is 19.2 Å². The molecule has 19 heavy (non-hydrogen) atoms. The van der Waals surface area contributed by atoms with Crippen molar-refractivity contribution in [1.82, 2.24) is 10.2 Å². The molecule has 0 aromatic carbocycles. The van der Waals surface area contributed by atoms with Crippen LogP contribution in [-0.2, 0) is 9.59 Å². The molecule has 106 valence electrons. The molecule has 1 saturated carbocycles. The van der Waals surface area contributed by atoms with Crippen LogP contribution in [0.15, 0.2) is 0 Å². The summed E-state index contributed by atoms with van der Waals surface area (Å²) < 4.78 is 0. The fourth-order valence-electron chi connectivity index (χ4n) is 2.77. The van der Waals surface area contributed by atoms with Crippen LogP contribution in [0.3, 0.4) is 0 Å². The lowest BCUT2D eigenvalue weighted by atomic mass is 9.66. The molecule has 0 radical (unpaired) electrons. The van der Waals surface area contributed by atoms with Crippen molar-refractivity contribution >= 4 is 17.8 Å². The van der Waals surface area contributed by atoms with E-state index in [0.29, 0.717) is 18.8 Å². The molecule has 1 aliphatic heterocycles. The van der Waals surface area contributed by atoms with E-state index >= 15 is 0 Å². The SMILES string of the molecule is CC(C)CCC(C)N1C(=O)NC(=O)C2(CCC2)C1=O. The highest BCUT2D eigenvalue weighted by Gasteiger charge is 2.57. The van der Waals surface area contributed by atoms with Gasteiger partial charge in [-0.3, -0.25) is 19.8 Å². The highest BCUT2D eigenvalue weighted by molar-refractivity contribution is 6.19. The zero-order valence-corrected chi connectivity index (χ0v) is 11.9. The van der Waals surface area contributed by atoms with Gasteiger partial charge in [-0.25, -0.2) is 4.79 Å². The first-order valence-electron chi connectivity index (χ1n) is 7.07. The van der Waals surface area contributed by atoms with Gasteiger partial charge in [0.15, 0.2) is 0 Å². The van der Waals surface area contributed by atoms with E-state index in [1.807, 2.05) is 6.92 Å². The number of carbonyl (C=O) groups is 3. The Morgan fingerprint density at radius 3 is 2.26 bits per heavy atom. The summed E-state index contributed by atoms with van der Waals surface area (Å²) in [6, 6.07) is -0.704. The van der Waals surface area contributed by atoms with Crippen LogP contribution in [0, 0.1) is 11.3 Å². The van der Waals surface area contributed by atoms with Crippen LogP contribution in [0.25, 0.3) is 0 Å². The monoisotopic (exact) mass is 266 g/mol. The van der Waals surface area contributed by atoms with E-state index in [1.165, 1.54) is 4.90 Å². The highest BCUT2D eigenvalue weighted by Crippen LogP contribution is 2.45. The number of urea groups is 1. The Hall–Kier alpha value is -1.39. The number of hydrogen-bond donors (Lipinski definition) is 1. The summed E-state index contributed by atoms with van der Waals surface area (Å²) in [6.45, 7) is 6.10. The number of hydrogen-bond acceptors (Lipinski definition) is 3. The van der Waals surface area contributed by atoms with Crippen LogP contribution in [0.5, 0.6) is 0 Å². The van der Waals surface area contributed by atoms with Crippen molar-refractivity contribution in [1.29, 1.82) is 0 Å². The Labute approximate surface area is 113 Å². The van der Waals surface area contributed by atoms with Gasteiger partial charge >= 0.3 is 6.03 Å². The second-order valence-electron chi connectivity index (χ2n) is 6.19. The first-order valence-corrected chi connectivity index (χ1v) is 7.07. The van der Waals surface area contributed by atoms with Gasteiger partial charge in [-0.15, -0.1) is 0 Å². The Bertz CT molecular complexity index is 413. The maximum absolute atomic E-state index is 12.5. The van der Waals surface area contributed by atoms with Crippen LogP contribution in [-0.4, -0.2) is 28.8 Å². The van der Waals surface area contributed by atoms with E-state index in [-0.39, 0.29) is 11.9 Å². The molecule has 1 heterocycles. The Balaban J connectivity index is 2.12. The minimum Gasteiger partial charge on any atom is -0.277 e. The van der Waals surface area contributed by atoms with Gasteiger partial charge in [0.05, 0.1) is 0 Å². The molecule has 2 fully saturated rings. The van der Waals surface area contributed by atoms with Gasteiger partial charge in [0.25, 0.3) is 0 Å². The van der Waals surface area contributed by atoms with Gasteiger partial charge in [-0.05, 0) is 38.5 Å². The zero-order chi connectivity index (χ0) is 14.2. The lowest BCUT2D eigenvalue weighted by molar-refractivity contribution is -0.159. The molecule has 4 amide bonds. The van der Waals surface area contributed by atoms with Crippen molar-refractivity contribution in [3.63, 3.8) is 0 Å². The van der Waals surface area contributed by atoms with E-state index < -0.39 is 17.4 Å². The van der Waals surface area contributed by atoms with E-state index in [4.69, 9.17) is 0 Å². The number of nitrogens with one attached hydrogen (secondary N) is 1. The van der Waals surface area contributed by atoms with Crippen molar-refractivity contribution in [3.05, 3.63) is 0 Å². The van der Waals surface area contributed by atoms with Crippen molar-refractivity contribution in [2.24, 2.45) is 11.3 Å². The molecule has 2 rings (SSSR count). The normalized spacial score (nSPS) is 23.6. The van der Waals surface area contributed by atoms with Crippen LogP contribution in [0.4, 0.5) is 4.79 Å². The highest BCUT2D eigenvalue weighted by atomic mass is 16.2. The topological polar surface area (TPSA) is 66.5 Å². The molecule has 1 aliphatic carbocycles. The molecule has 1 saturated heterocycles. The minimum atomic E-state index is -0.944. The van der Waals surface area contributed by atoms with Gasteiger partial charge in [0, 0.05) is 6.04 Å². The molecule has 5 nitrogen and oxygen atoms in total. The summed E-state index contributed by atoms with van der Waals surface area (Å²) in [7, 11) is 0. The Morgan fingerprint density at radius 2 is 1.79 bits per heavy atom. The molecule has 5 heteroatoms. The first kappa shape index (κ1) is 14.0. The summed E-state index contributed by atoms with van der Waals surface area (Å²) in [5.74, 6) is -0.158. The Kier molecular flexibility index (Phi) is 3.65. The maximum atomic E-state index is 12.5. The average Bonchev–Trinajstić information content (AvgIpc) is 2.23. The van der Waals surface area contributed by atoms with Gasteiger partial charge < -0.3 is 0 Å². The van der Waals surface area contributed by atoms with Crippen molar-refractivity contribution < 1.29 is 14.4 Å². The van der Waals surface area contributed by atoms with Crippen molar-refractivity contribution in [2.45, 2.75) is 58.9 Å². The quantitative estimate of drug-likeness (QED) is 0.792. The molecule has 0 bridgehead atoms. The lowest BCUT2D eigenvalue weighted by Gasteiger charge is -2.46. The number of carbonyl (C=O) groups excluding carboxylic acids is 3. The van der Waals surface area contributed by atoms with Gasteiger partial charge in [-0.2, -0.15) is 0 Å². The number of barbiturate groups is 1. The predicted molar refractivity (Wildman–Crippen MR) is 70.2 cm³/mol. The van der Waals surface area contributed by atoms with Gasteiger partial charge in [-0.1, -0.05) is 20.3 Å². The molecular weight excluding hydrogens is 244 g/mol. The zero-order valence-electron chi connectivity index (χ0n) is 11.9. The first-order chi connectivity index (χ1) is 8.88. The van der Waals surface area contributed by atoms with Crippen LogP contribution >= 0.6 is 0 Å². The molecule has 1 N–H and O–H groups in total. The predicted octanol–water partition coefficient (Wildman–Crippen LogP) is 2.06. The largest absolute Gasteiger partial charge is 0.331 e. The summed E-state index contributed by atoms with van der Waals surface area (Å²) in [6.07, 6.45) is 3.75. The second kappa shape index (κ2) is 4.94. The number of imide groups is 2. The van der Waals surface area contributed by atoms with Crippen LogP contribution in [0.2, 0.25) is 0 Å². The lowest BCUT2D eigenvalue weighted by Crippen LogP contribution is -2.67. The molecule has 1 atom stereocenters. The molecule has 1 spiro atoms. The number of rotatable bonds is 4. The third kappa shape index (κ3) is 2.26.